The highest BCUT2D eigenvalue weighted by Crippen LogP contribution is 1.72. The Morgan fingerprint density at radius 1 is 1.91 bits per heavy atom. The molecule has 0 aromatic rings. The van der Waals surface area contributed by atoms with Crippen LogP contribution >= 0.6 is 0 Å². The van der Waals surface area contributed by atoms with Crippen molar-refractivity contribution in [1.29, 1.82) is 0 Å². The third-order valence-electron chi connectivity index (χ3n) is 0.446. The Bertz CT molecular complexity index is 107. The molecule has 0 radical (unpaired) electrons. The highest BCUT2D eigenvalue weighted by Gasteiger charge is 1.92. The fourth-order valence-electron chi connectivity index (χ4n) is 0.228. The second kappa shape index (κ2) is 11.6. The van der Waals surface area contributed by atoms with Crippen molar-refractivity contribution in [2.24, 2.45) is 10.8 Å². The molecular formula is C5H13N3O3. The average molecular weight is 163 g/mol. The van der Waals surface area contributed by atoms with Gasteiger partial charge in [-0.25, -0.2) is 10.2 Å². The van der Waals surface area contributed by atoms with Crippen LogP contribution in [0.3, 0.4) is 0 Å². The summed E-state index contributed by atoms with van der Waals surface area (Å²) in [5.74, 6) is 0. The van der Waals surface area contributed by atoms with Crippen molar-refractivity contribution in [3.8, 4) is 0 Å². The molecule has 0 saturated heterocycles. The van der Waals surface area contributed by atoms with Gasteiger partial charge in [0.05, 0.1) is 13.3 Å². The number of carbonyl (C=O) groups excluding carboxylic acids is 1. The first kappa shape index (κ1) is 12.5. The van der Waals surface area contributed by atoms with Gasteiger partial charge in [0, 0.05) is 6.72 Å². The lowest BCUT2D eigenvalue weighted by Gasteiger charge is -1.96. The molecule has 66 valence electrons. The van der Waals surface area contributed by atoms with Crippen LogP contribution in [0.15, 0.2) is 5.10 Å². The van der Waals surface area contributed by atoms with Crippen LogP contribution in [0.2, 0.25) is 0 Å². The Hall–Kier alpha value is -1.14. The summed E-state index contributed by atoms with van der Waals surface area (Å²) in [6.07, 6.45) is -0.567. The number of aliphatic hydroxyl groups excluding tert-OH is 1. The molecule has 0 aromatic carbocycles. The van der Waals surface area contributed by atoms with Gasteiger partial charge in [-0.3, -0.25) is 0 Å². The van der Waals surface area contributed by atoms with Crippen LogP contribution in [0, 0.1) is 0 Å². The van der Waals surface area contributed by atoms with E-state index in [1.54, 1.807) is 6.92 Å². The topological polar surface area (TPSA) is 96.9 Å². The molecule has 0 fully saturated rings. The number of nitrogens with one attached hydrogen (secondary N) is 1. The van der Waals surface area contributed by atoms with Gasteiger partial charge in [0.15, 0.2) is 0 Å². The predicted octanol–water partition coefficient (Wildman–Crippen LogP) is -0.757. The maximum Gasteiger partial charge on any atom is 0.427 e. The first-order valence-electron chi connectivity index (χ1n) is 2.92. The summed E-state index contributed by atoms with van der Waals surface area (Å²) < 4.78 is 4.40. The van der Waals surface area contributed by atoms with E-state index < -0.39 is 6.09 Å². The smallest absolute Gasteiger partial charge is 0.427 e. The number of carbonyl (C=O) groups is 1. The quantitative estimate of drug-likeness (QED) is 0.283. The summed E-state index contributed by atoms with van der Waals surface area (Å²) in [7, 11) is 0. The molecule has 4 N–H and O–H groups in total. The van der Waals surface area contributed by atoms with Gasteiger partial charge in [-0.05, 0) is 6.92 Å². The van der Waals surface area contributed by atoms with Crippen LogP contribution in [0.4, 0.5) is 4.79 Å². The Morgan fingerprint density at radius 2 is 2.36 bits per heavy atom. The van der Waals surface area contributed by atoms with Crippen molar-refractivity contribution >= 4 is 12.8 Å². The van der Waals surface area contributed by atoms with Gasteiger partial charge in [0.2, 0.25) is 0 Å². The van der Waals surface area contributed by atoms with E-state index >= 15 is 0 Å². The molecule has 0 aromatic heterocycles. The summed E-state index contributed by atoms with van der Waals surface area (Å²) in [5, 5.41) is 10.4. The first-order chi connectivity index (χ1) is 5.22. The fourth-order valence-corrected chi connectivity index (χ4v) is 0.228. The number of aliphatic hydroxyl groups is 1. The minimum Gasteiger partial charge on any atom is -0.449 e. The number of hydrogen-bond acceptors (Lipinski definition) is 5. The summed E-state index contributed by atoms with van der Waals surface area (Å²) in [6.45, 7) is 4.83. The highest BCUT2D eigenvalue weighted by atomic mass is 16.5. The Labute approximate surface area is 65.0 Å². The third kappa shape index (κ3) is 17.7. The number of amides is 1. The monoisotopic (exact) mass is 163 g/mol. The summed E-state index contributed by atoms with van der Waals surface area (Å²) in [5.41, 5.74) is 6.40. The van der Waals surface area contributed by atoms with E-state index in [1.807, 2.05) is 5.43 Å². The zero-order valence-corrected chi connectivity index (χ0v) is 6.41. The van der Waals surface area contributed by atoms with Gasteiger partial charge < -0.3 is 15.6 Å². The van der Waals surface area contributed by atoms with Crippen LogP contribution in [-0.2, 0) is 4.74 Å². The van der Waals surface area contributed by atoms with Gasteiger partial charge in [0.25, 0.3) is 0 Å². The lowest BCUT2D eigenvalue weighted by molar-refractivity contribution is 0.153. The highest BCUT2D eigenvalue weighted by molar-refractivity contribution is 5.67. The molecule has 6 heteroatoms. The molecule has 11 heavy (non-hydrogen) atoms. The van der Waals surface area contributed by atoms with E-state index in [2.05, 4.69) is 22.3 Å². The molecule has 0 aliphatic rings. The SMILES string of the molecule is C=NNC(=O)OCC.NCO. The first-order valence-corrected chi connectivity index (χ1v) is 2.92. The van der Waals surface area contributed by atoms with Crippen molar-refractivity contribution in [2.75, 3.05) is 13.3 Å². The van der Waals surface area contributed by atoms with Crippen LogP contribution in [-0.4, -0.2) is 31.3 Å². The number of rotatable bonds is 2. The fraction of sp³-hybridized carbons (Fsp3) is 0.600. The van der Waals surface area contributed by atoms with E-state index in [0.29, 0.717) is 6.61 Å². The zero-order chi connectivity index (χ0) is 9.11. The van der Waals surface area contributed by atoms with Crippen LogP contribution in [0.25, 0.3) is 0 Å². The molecule has 0 heterocycles. The standard InChI is InChI=1S/C4H8N2O2.CH5NO/c1-3-8-4(7)6-5-2;2-1-3/h2-3H2,1H3,(H,6,7);3H,1-2H2. The predicted molar refractivity (Wildman–Crippen MR) is 41.0 cm³/mol. The minimum absolute atomic E-state index is 0.250. The molecule has 0 unspecified atom stereocenters. The Kier molecular flexibility index (Phi) is 13.2. The van der Waals surface area contributed by atoms with Gasteiger partial charge in [-0.2, -0.15) is 5.10 Å². The minimum atomic E-state index is -0.567. The molecule has 1 amide bonds. The Balaban J connectivity index is 0. The van der Waals surface area contributed by atoms with E-state index in [0.717, 1.165) is 0 Å². The molecule has 0 bridgehead atoms. The van der Waals surface area contributed by atoms with Crippen LogP contribution in [0.5, 0.6) is 0 Å². The number of hydrazone groups is 1. The third-order valence-corrected chi connectivity index (χ3v) is 0.446. The molecule has 0 aliphatic heterocycles. The second-order valence-electron chi connectivity index (χ2n) is 1.17. The van der Waals surface area contributed by atoms with E-state index in [4.69, 9.17) is 5.11 Å². The van der Waals surface area contributed by atoms with Crippen molar-refractivity contribution in [3.63, 3.8) is 0 Å². The van der Waals surface area contributed by atoms with Crippen molar-refractivity contribution in [3.05, 3.63) is 0 Å². The maximum absolute atomic E-state index is 10.2. The van der Waals surface area contributed by atoms with Gasteiger partial charge in [-0.1, -0.05) is 0 Å². The molecular weight excluding hydrogens is 150 g/mol. The second-order valence-corrected chi connectivity index (χ2v) is 1.17. The summed E-state index contributed by atoms with van der Waals surface area (Å²) >= 11 is 0. The summed E-state index contributed by atoms with van der Waals surface area (Å²) in [6, 6.07) is 0. The number of ether oxygens (including phenoxy) is 1. The van der Waals surface area contributed by atoms with Crippen LogP contribution in [0.1, 0.15) is 6.92 Å². The van der Waals surface area contributed by atoms with Gasteiger partial charge in [-0.15, -0.1) is 0 Å². The van der Waals surface area contributed by atoms with Crippen molar-refractivity contribution < 1.29 is 14.6 Å². The lowest BCUT2D eigenvalue weighted by Crippen LogP contribution is -2.17. The largest absolute Gasteiger partial charge is 0.449 e. The van der Waals surface area contributed by atoms with E-state index in [-0.39, 0.29) is 6.73 Å². The molecule has 0 spiro atoms. The normalized spacial score (nSPS) is 7.18. The zero-order valence-electron chi connectivity index (χ0n) is 6.41. The molecule has 0 saturated carbocycles. The molecule has 0 atom stereocenters. The number of hydrogen-bond donors (Lipinski definition) is 3. The number of nitrogens with zero attached hydrogens (tertiary/aromatic N) is 1. The lowest BCUT2D eigenvalue weighted by atomic mass is 10.9. The molecule has 6 nitrogen and oxygen atoms in total. The molecule has 0 aliphatic carbocycles. The maximum atomic E-state index is 10.2. The van der Waals surface area contributed by atoms with Crippen molar-refractivity contribution in [2.45, 2.75) is 6.92 Å². The van der Waals surface area contributed by atoms with Crippen molar-refractivity contribution in [1.82, 2.24) is 5.43 Å². The average Bonchev–Trinajstić information content (AvgIpc) is 1.90. The van der Waals surface area contributed by atoms with E-state index in [9.17, 15) is 4.79 Å². The number of nitrogens with two attached hydrogens (primary N) is 1. The Morgan fingerprint density at radius 3 is 2.64 bits per heavy atom. The summed E-state index contributed by atoms with van der Waals surface area (Å²) in [4.78, 5) is 10.2. The van der Waals surface area contributed by atoms with Gasteiger partial charge >= 0.3 is 6.09 Å². The van der Waals surface area contributed by atoms with Gasteiger partial charge in [0.1, 0.15) is 0 Å². The van der Waals surface area contributed by atoms with Crippen LogP contribution < -0.4 is 11.2 Å². The molecule has 0 rings (SSSR count). The van der Waals surface area contributed by atoms with E-state index in [1.165, 1.54) is 0 Å².